The predicted molar refractivity (Wildman–Crippen MR) is 87.6 cm³/mol. The lowest BCUT2D eigenvalue weighted by atomic mass is 10.2. The quantitative estimate of drug-likeness (QED) is 0.836. The number of hydrogen-bond donors (Lipinski definition) is 1. The first-order chi connectivity index (χ1) is 9.70. The van der Waals surface area contributed by atoms with Crippen molar-refractivity contribution in [3.8, 4) is 5.75 Å². The SMILES string of the molecule is CCOc1ccc(C(=S)NCc2ccccc2Cl)cc1. The average molecular weight is 306 g/mol. The van der Waals surface area contributed by atoms with Crippen molar-refractivity contribution in [1.82, 2.24) is 5.32 Å². The van der Waals surface area contributed by atoms with Crippen LogP contribution in [0.4, 0.5) is 0 Å². The van der Waals surface area contributed by atoms with Gasteiger partial charge in [0.2, 0.25) is 0 Å². The summed E-state index contributed by atoms with van der Waals surface area (Å²) in [5.74, 6) is 0.852. The van der Waals surface area contributed by atoms with Crippen molar-refractivity contribution in [1.29, 1.82) is 0 Å². The maximum atomic E-state index is 6.11. The lowest BCUT2D eigenvalue weighted by Gasteiger charge is -2.10. The second-order valence-electron chi connectivity index (χ2n) is 4.23. The molecule has 0 saturated carbocycles. The van der Waals surface area contributed by atoms with Crippen LogP contribution in [0.5, 0.6) is 5.75 Å². The number of thiocarbonyl (C=S) groups is 1. The van der Waals surface area contributed by atoms with Gasteiger partial charge >= 0.3 is 0 Å². The monoisotopic (exact) mass is 305 g/mol. The Bertz CT molecular complexity index is 583. The van der Waals surface area contributed by atoms with Gasteiger partial charge in [-0.3, -0.25) is 0 Å². The summed E-state index contributed by atoms with van der Waals surface area (Å²) >= 11 is 11.5. The fourth-order valence-electron chi connectivity index (χ4n) is 1.79. The molecule has 0 spiro atoms. The number of hydrogen-bond acceptors (Lipinski definition) is 2. The maximum absolute atomic E-state index is 6.11. The Balaban J connectivity index is 1.96. The fourth-order valence-corrected chi connectivity index (χ4v) is 2.20. The lowest BCUT2D eigenvalue weighted by molar-refractivity contribution is 0.340. The molecular weight excluding hydrogens is 290 g/mol. The van der Waals surface area contributed by atoms with Gasteiger partial charge in [-0.05, 0) is 42.8 Å². The van der Waals surface area contributed by atoms with E-state index in [1.54, 1.807) is 0 Å². The molecule has 0 aliphatic heterocycles. The van der Waals surface area contributed by atoms with Gasteiger partial charge in [0.05, 0.1) is 6.61 Å². The van der Waals surface area contributed by atoms with Crippen molar-refractivity contribution in [2.75, 3.05) is 6.61 Å². The second-order valence-corrected chi connectivity index (χ2v) is 5.05. The molecule has 0 bridgehead atoms. The highest BCUT2D eigenvalue weighted by molar-refractivity contribution is 7.80. The van der Waals surface area contributed by atoms with Gasteiger partial charge in [-0.15, -0.1) is 0 Å². The van der Waals surface area contributed by atoms with Crippen LogP contribution in [0.3, 0.4) is 0 Å². The minimum atomic E-state index is 0.617. The van der Waals surface area contributed by atoms with E-state index in [1.807, 2.05) is 55.5 Å². The molecule has 0 atom stereocenters. The highest BCUT2D eigenvalue weighted by Gasteiger charge is 2.03. The van der Waals surface area contributed by atoms with Gasteiger partial charge in [0.1, 0.15) is 10.7 Å². The van der Waals surface area contributed by atoms with Crippen molar-refractivity contribution in [3.63, 3.8) is 0 Å². The number of ether oxygens (including phenoxy) is 1. The van der Waals surface area contributed by atoms with Crippen LogP contribution >= 0.6 is 23.8 Å². The Morgan fingerprint density at radius 1 is 1.15 bits per heavy atom. The van der Waals surface area contributed by atoms with E-state index < -0.39 is 0 Å². The minimum absolute atomic E-state index is 0.617. The van der Waals surface area contributed by atoms with Crippen LogP contribution in [0.15, 0.2) is 48.5 Å². The first-order valence-corrected chi connectivity index (χ1v) is 7.24. The maximum Gasteiger partial charge on any atom is 0.119 e. The molecule has 0 aliphatic carbocycles. The van der Waals surface area contributed by atoms with Crippen LogP contribution in [0.1, 0.15) is 18.1 Å². The molecule has 1 N–H and O–H groups in total. The van der Waals surface area contributed by atoms with Gasteiger partial charge in [-0.25, -0.2) is 0 Å². The van der Waals surface area contributed by atoms with E-state index in [0.29, 0.717) is 18.1 Å². The van der Waals surface area contributed by atoms with Crippen LogP contribution < -0.4 is 10.1 Å². The molecule has 0 unspecified atom stereocenters. The molecule has 20 heavy (non-hydrogen) atoms. The normalized spacial score (nSPS) is 10.1. The topological polar surface area (TPSA) is 21.3 Å². The molecule has 0 heterocycles. The van der Waals surface area contributed by atoms with Crippen LogP contribution in [-0.2, 0) is 6.54 Å². The molecule has 2 aromatic rings. The van der Waals surface area contributed by atoms with E-state index in [2.05, 4.69) is 5.32 Å². The molecule has 0 aromatic heterocycles. The molecular formula is C16H16ClNOS. The van der Waals surface area contributed by atoms with E-state index in [1.165, 1.54) is 0 Å². The summed E-state index contributed by atoms with van der Waals surface area (Å²) in [4.78, 5) is 0.702. The largest absolute Gasteiger partial charge is 0.494 e. The lowest BCUT2D eigenvalue weighted by Crippen LogP contribution is -2.21. The van der Waals surface area contributed by atoms with E-state index in [4.69, 9.17) is 28.6 Å². The number of rotatable bonds is 5. The van der Waals surface area contributed by atoms with Gasteiger partial charge in [0, 0.05) is 17.1 Å². The summed E-state index contributed by atoms with van der Waals surface area (Å²) in [6.45, 7) is 3.24. The first kappa shape index (κ1) is 14.8. The van der Waals surface area contributed by atoms with Crippen LogP contribution in [-0.4, -0.2) is 11.6 Å². The van der Waals surface area contributed by atoms with Crippen molar-refractivity contribution in [3.05, 3.63) is 64.7 Å². The zero-order chi connectivity index (χ0) is 14.4. The molecule has 0 fully saturated rings. The first-order valence-electron chi connectivity index (χ1n) is 6.45. The van der Waals surface area contributed by atoms with Crippen LogP contribution in [0.25, 0.3) is 0 Å². The highest BCUT2D eigenvalue weighted by Crippen LogP contribution is 2.15. The third-order valence-electron chi connectivity index (χ3n) is 2.82. The summed E-state index contributed by atoms with van der Waals surface area (Å²) in [7, 11) is 0. The van der Waals surface area contributed by atoms with Crippen LogP contribution in [0, 0.1) is 0 Å². The Morgan fingerprint density at radius 3 is 2.50 bits per heavy atom. The molecule has 0 saturated heterocycles. The molecule has 104 valence electrons. The fraction of sp³-hybridized carbons (Fsp3) is 0.188. The molecule has 0 aliphatic rings. The summed E-state index contributed by atoms with van der Waals surface area (Å²) in [6, 6.07) is 15.5. The van der Waals surface area contributed by atoms with Crippen molar-refractivity contribution >= 4 is 28.8 Å². The van der Waals surface area contributed by atoms with Crippen molar-refractivity contribution in [2.45, 2.75) is 13.5 Å². The van der Waals surface area contributed by atoms with Gasteiger partial charge in [-0.2, -0.15) is 0 Å². The standard InChI is InChI=1S/C16H16ClNOS/c1-2-19-14-9-7-12(8-10-14)16(20)18-11-13-5-3-4-6-15(13)17/h3-10H,2,11H2,1H3,(H,18,20). The predicted octanol–water partition coefficient (Wildman–Crippen LogP) is 4.20. The molecule has 4 heteroatoms. The average Bonchev–Trinajstić information content (AvgIpc) is 2.47. The Hall–Kier alpha value is -1.58. The van der Waals surface area contributed by atoms with Gasteiger partial charge in [0.15, 0.2) is 0 Å². The molecule has 0 amide bonds. The van der Waals surface area contributed by atoms with E-state index in [9.17, 15) is 0 Å². The zero-order valence-corrected chi connectivity index (χ0v) is 12.8. The van der Waals surface area contributed by atoms with Gasteiger partial charge < -0.3 is 10.1 Å². The second kappa shape index (κ2) is 7.27. The van der Waals surface area contributed by atoms with Crippen molar-refractivity contribution < 1.29 is 4.74 Å². The zero-order valence-electron chi connectivity index (χ0n) is 11.2. The van der Waals surface area contributed by atoms with E-state index in [-0.39, 0.29) is 0 Å². The number of nitrogens with one attached hydrogen (secondary N) is 1. The Morgan fingerprint density at radius 2 is 1.85 bits per heavy atom. The minimum Gasteiger partial charge on any atom is -0.494 e. The van der Waals surface area contributed by atoms with Gasteiger partial charge in [0.25, 0.3) is 0 Å². The smallest absolute Gasteiger partial charge is 0.119 e. The molecule has 2 nitrogen and oxygen atoms in total. The highest BCUT2D eigenvalue weighted by atomic mass is 35.5. The summed E-state index contributed by atoms with van der Waals surface area (Å²) in [6.07, 6.45) is 0. The van der Waals surface area contributed by atoms with E-state index in [0.717, 1.165) is 21.9 Å². The summed E-state index contributed by atoms with van der Waals surface area (Å²) in [5.41, 5.74) is 2.00. The van der Waals surface area contributed by atoms with Crippen LogP contribution in [0.2, 0.25) is 5.02 Å². The third kappa shape index (κ3) is 3.95. The third-order valence-corrected chi connectivity index (χ3v) is 3.57. The summed E-state index contributed by atoms with van der Waals surface area (Å²) in [5, 5.41) is 3.96. The Labute approximate surface area is 129 Å². The van der Waals surface area contributed by atoms with Crippen molar-refractivity contribution in [2.24, 2.45) is 0 Å². The number of benzene rings is 2. The Kier molecular flexibility index (Phi) is 5.39. The molecule has 2 rings (SSSR count). The van der Waals surface area contributed by atoms with E-state index >= 15 is 0 Å². The van der Waals surface area contributed by atoms with Gasteiger partial charge in [-0.1, -0.05) is 42.0 Å². The molecule has 0 radical (unpaired) electrons. The number of halogens is 1. The molecule has 2 aromatic carbocycles. The summed E-state index contributed by atoms with van der Waals surface area (Å²) < 4.78 is 5.40.